The zero-order chi connectivity index (χ0) is 23.4. The topological polar surface area (TPSA) is 139 Å². The van der Waals surface area contributed by atoms with E-state index in [1.807, 2.05) is 13.0 Å². The van der Waals surface area contributed by atoms with Gasteiger partial charge in [-0.15, -0.1) is 5.10 Å². The van der Waals surface area contributed by atoms with Crippen molar-refractivity contribution in [1.29, 1.82) is 0 Å². The van der Waals surface area contributed by atoms with Crippen molar-refractivity contribution in [2.45, 2.75) is 38.7 Å². The van der Waals surface area contributed by atoms with E-state index in [2.05, 4.69) is 25.8 Å². The number of hydrogen-bond acceptors (Lipinski definition) is 8. The number of carboxylic acids is 1. The van der Waals surface area contributed by atoms with E-state index in [0.717, 1.165) is 5.56 Å². The number of carboxylic acid groups (broad SMARTS) is 1. The van der Waals surface area contributed by atoms with Crippen molar-refractivity contribution in [2.75, 3.05) is 10.6 Å². The van der Waals surface area contributed by atoms with Crippen LogP contribution in [-0.4, -0.2) is 38.3 Å². The number of hydrogen-bond donors (Lipinski definition) is 3. The van der Waals surface area contributed by atoms with Gasteiger partial charge in [-0.25, -0.2) is 4.98 Å². The summed E-state index contributed by atoms with van der Waals surface area (Å²) < 4.78 is 11.2. The fourth-order valence-corrected chi connectivity index (χ4v) is 3.65. The molecule has 1 aromatic carbocycles. The molecule has 1 amide bonds. The largest absolute Gasteiger partial charge is 0.481 e. The summed E-state index contributed by atoms with van der Waals surface area (Å²) in [6, 6.07) is 8.70. The maximum atomic E-state index is 12.4. The van der Waals surface area contributed by atoms with Crippen LogP contribution in [0, 0.1) is 12.8 Å². The summed E-state index contributed by atoms with van der Waals surface area (Å²) in [6.45, 7) is 1.89. The zero-order valence-electron chi connectivity index (χ0n) is 17.7. The van der Waals surface area contributed by atoms with Gasteiger partial charge < -0.3 is 24.9 Å². The normalized spacial score (nSPS) is 17.9. The number of aliphatic carboxylic acids is 1. The van der Waals surface area contributed by atoms with Crippen LogP contribution in [0.4, 0.5) is 17.4 Å². The molecule has 0 spiro atoms. The molecule has 1 aliphatic rings. The standard InChI is InChI=1S/C22H22ClN5O5/c1-12-2-5-14(10-17(12)23)26-22-28-27-20(33-22)19(29)25-15-6-9-18(24-11-15)32-16-7-3-13(4-8-16)21(30)31/h2,5-6,9-11,13,16H,3-4,7-8H2,1H3,(H,25,29)(H,26,28)(H,30,31)/t13-,16+. The monoisotopic (exact) mass is 471 g/mol. The van der Waals surface area contributed by atoms with Crippen LogP contribution in [0.3, 0.4) is 0 Å². The van der Waals surface area contributed by atoms with Gasteiger partial charge in [0.25, 0.3) is 0 Å². The van der Waals surface area contributed by atoms with Gasteiger partial charge in [-0.2, -0.15) is 0 Å². The third-order valence-electron chi connectivity index (χ3n) is 5.35. The SMILES string of the molecule is Cc1ccc(Nc2nnc(C(=O)Nc3ccc(O[C@H]4CC[C@@H](C(=O)O)CC4)nc3)o2)cc1Cl. The molecule has 3 N–H and O–H groups in total. The highest BCUT2D eigenvalue weighted by Crippen LogP contribution is 2.27. The van der Waals surface area contributed by atoms with Crippen molar-refractivity contribution in [3.63, 3.8) is 0 Å². The van der Waals surface area contributed by atoms with Gasteiger partial charge in [-0.1, -0.05) is 22.8 Å². The van der Waals surface area contributed by atoms with Crippen LogP contribution in [0.5, 0.6) is 5.88 Å². The van der Waals surface area contributed by atoms with Gasteiger partial charge in [-0.05, 0) is 56.4 Å². The van der Waals surface area contributed by atoms with E-state index in [1.165, 1.54) is 6.20 Å². The number of carbonyl (C=O) groups is 2. The Hall–Kier alpha value is -3.66. The van der Waals surface area contributed by atoms with E-state index in [1.54, 1.807) is 24.3 Å². The van der Waals surface area contributed by atoms with E-state index in [0.29, 0.717) is 48.0 Å². The molecule has 10 nitrogen and oxygen atoms in total. The summed E-state index contributed by atoms with van der Waals surface area (Å²) in [5.41, 5.74) is 2.01. The van der Waals surface area contributed by atoms with Crippen LogP contribution in [0.2, 0.25) is 5.02 Å². The first-order valence-corrected chi connectivity index (χ1v) is 10.8. The Balaban J connectivity index is 1.30. The molecule has 2 aromatic heterocycles. The predicted molar refractivity (Wildman–Crippen MR) is 120 cm³/mol. The van der Waals surface area contributed by atoms with Crippen molar-refractivity contribution in [1.82, 2.24) is 15.2 Å². The molecular formula is C22H22ClN5O5. The second-order valence-corrected chi connectivity index (χ2v) is 8.18. The zero-order valence-corrected chi connectivity index (χ0v) is 18.5. The number of rotatable bonds is 7. The number of benzene rings is 1. The molecule has 0 radical (unpaired) electrons. The number of carbonyl (C=O) groups excluding carboxylic acids is 1. The van der Waals surface area contributed by atoms with Crippen LogP contribution >= 0.6 is 11.6 Å². The number of nitrogens with zero attached hydrogens (tertiary/aromatic N) is 3. The van der Waals surface area contributed by atoms with Gasteiger partial charge in [0, 0.05) is 16.8 Å². The summed E-state index contributed by atoms with van der Waals surface area (Å²) in [5, 5.41) is 22.8. The smallest absolute Gasteiger partial charge is 0.320 e. The number of ether oxygens (including phenoxy) is 1. The van der Waals surface area contributed by atoms with Crippen molar-refractivity contribution in [2.24, 2.45) is 5.92 Å². The lowest BCUT2D eigenvalue weighted by Crippen LogP contribution is -2.28. The third-order valence-corrected chi connectivity index (χ3v) is 5.75. The molecule has 33 heavy (non-hydrogen) atoms. The van der Waals surface area contributed by atoms with E-state index >= 15 is 0 Å². The van der Waals surface area contributed by atoms with Gasteiger partial charge in [0.05, 0.1) is 17.8 Å². The molecule has 2 heterocycles. The first-order chi connectivity index (χ1) is 15.9. The van der Waals surface area contributed by atoms with Gasteiger partial charge >= 0.3 is 23.8 Å². The van der Waals surface area contributed by atoms with E-state index < -0.39 is 11.9 Å². The Bertz CT molecular complexity index is 1140. The molecule has 1 aliphatic carbocycles. The summed E-state index contributed by atoms with van der Waals surface area (Å²) in [7, 11) is 0. The highest BCUT2D eigenvalue weighted by molar-refractivity contribution is 6.31. The minimum Gasteiger partial charge on any atom is -0.481 e. The summed E-state index contributed by atoms with van der Waals surface area (Å²) in [6.07, 6.45) is 3.90. The number of halogens is 1. The summed E-state index contributed by atoms with van der Waals surface area (Å²) in [5.74, 6) is -1.44. The molecule has 11 heteroatoms. The molecule has 3 aromatic rings. The fourth-order valence-electron chi connectivity index (χ4n) is 3.47. The molecule has 0 aliphatic heterocycles. The summed E-state index contributed by atoms with van der Waals surface area (Å²) >= 11 is 6.10. The molecule has 0 saturated heterocycles. The number of amides is 1. The van der Waals surface area contributed by atoms with E-state index in [9.17, 15) is 9.59 Å². The Morgan fingerprint density at radius 3 is 2.55 bits per heavy atom. The molecule has 1 fully saturated rings. The van der Waals surface area contributed by atoms with Gasteiger partial charge in [0.1, 0.15) is 6.10 Å². The van der Waals surface area contributed by atoms with Crippen molar-refractivity contribution in [3.8, 4) is 5.88 Å². The number of aryl methyl sites for hydroxylation is 1. The predicted octanol–water partition coefficient (Wildman–Crippen LogP) is 4.44. The molecule has 0 atom stereocenters. The lowest BCUT2D eigenvalue weighted by Gasteiger charge is -2.26. The van der Waals surface area contributed by atoms with Crippen LogP contribution < -0.4 is 15.4 Å². The molecule has 1 saturated carbocycles. The number of nitrogens with one attached hydrogen (secondary N) is 2. The lowest BCUT2D eigenvalue weighted by atomic mass is 9.87. The number of pyridine rings is 1. The van der Waals surface area contributed by atoms with Crippen LogP contribution in [0.25, 0.3) is 0 Å². The Morgan fingerprint density at radius 1 is 1.12 bits per heavy atom. The van der Waals surface area contributed by atoms with Crippen molar-refractivity contribution >= 4 is 40.9 Å². The van der Waals surface area contributed by atoms with Crippen LogP contribution in [-0.2, 0) is 4.79 Å². The Morgan fingerprint density at radius 2 is 1.88 bits per heavy atom. The average molecular weight is 472 g/mol. The quantitative estimate of drug-likeness (QED) is 0.456. The summed E-state index contributed by atoms with van der Waals surface area (Å²) in [4.78, 5) is 27.7. The maximum Gasteiger partial charge on any atom is 0.320 e. The highest BCUT2D eigenvalue weighted by atomic mass is 35.5. The van der Waals surface area contributed by atoms with E-state index in [4.69, 9.17) is 25.9 Å². The third kappa shape index (κ3) is 5.78. The Kier molecular flexibility index (Phi) is 6.74. The average Bonchev–Trinajstić information content (AvgIpc) is 3.27. The van der Waals surface area contributed by atoms with Crippen molar-refractivity contribution < 1.29 is 23.8 Å². The first kappa shape index (κ1) is 22.5. The molecule has 4 rings (SSSR count). The van der Waals surface area contributed by atoms with Crippen molar-refractivity contribution in [3.05, 3.63) is 53.0 Å². The molecular weight excluding hydrogens is 450 g/mol. The Labute approximate surface area is 194 Å². The fraction of sp³-hybridized carbons (Fsp3) is 0.318. The number of anilines is 3. The number of aromatic nitrogens is 3. The van der Waals surface area contributed by atoms with Crippen LogP contribution in [0.1, 0.15) is 41.9 Å². The maximum absolute atomic E-state index is 12.4. The highest BCUT2D eigenvalue weighted by Gasteiger charge is 2.27. The second-order valence-electron chi connectivity index (χ2n) is 7.77. The van der Waals surface area contributed by atoms with Crippen LogP contribution in [0.15, 0.2) is 40.9 Å². The van der Waals surface area contributed by atoms with Gasteiger partial charge in [-0.3, -0.25) is 9.59 Å². The minimum absolute atomic E-state index is 0.0551. The van der Waals surface area contributed by atoms with Gasteiger partial charge in [0.15, 0.2) is 0 Å². The second kappa shape index (κ2) is 9.86. The molecule has 0 unspecified atom stereocenters. The minimum atomic E-state index is -0.754. The lowest BCUT2D eigenvalue weighted by molar-refractivity contribution is -0.143. The first-order valence-electron chi connectivity index (χ1n) is 10.4. The van der Waals surface area contributed by atoms with E-state index in [-0.39, 0.29) is 23.9 Å². The molecule has 0 bridgehead atoms. The molecule has 172 valence electrons. The van der Waals surface area contributed by atoms with Gasteiger partial charge in [0.2, 0.25) is 5.88 Å².